The average molecular weight is 1420 g/mol. The van der Waals surface area contributed by atoms with Crippen LogP contribution in [0.25, 0.3) is 0 Å². The first-order valence-electron chi connectivity index (χ1n) is 40.1. The van der Waals surface area contributed by atoms with Crippen LogP contribution in [0.5, 0.6) is 5.75 Å². The van der Waals surface area contributed by atoms with Gasteiger partial charge in [-0.25, -0.2) is 0 Å². The second kappa shape index (κ2) is 47.9. The first-order chi connectivity index (χ1) is 49.4. The minimum Gasteiger partial charge on any atom is -0.491 e. The van der Waals surface area contributed by atoms with Gasteiger partial charge in [0.05, 0.1) is 17.9 Å². The van der Waals surface area contributed by atoms with Gasteiger partial charge in [-0.15, -0.1) is 0 Å². The zero-order valence-corrected chi connectivity index (χ0v) is 69.7. The predicted octanol–water partition coefficient (Wildman–Crippen LogP) is 19.3. The van der Waals surface area contributed by atoms with Crippen LogP contribution in [0.4, 0.5) is 11.4 Å². The van der Waals surface area contributed by atoms with Crippen molar-refractivity contribution in [1.29, 1.82) is 0 Å². The third kappa shape index (κ3) is 25.1. The Morgan fingerprint density at radius 1 is 0.350 bits per heavy atom. The van der Waals surface area contributed by atoms with Crippen LogP contribution >= 0.6 is 0 Å². The maximum Gasteiger partial charge on any atom is 0.249 e. The number of benzene rings is 4. The summed E-state index contributed by atoms with van der Waals surface area (Å²) in [4.78, 5) is 96.8. The molecule has 0 fully saturated rings. The standard InChI is InChI=1S/C20H24O2.C19H23NO2.C19H22O2.C18H21NO3.8C2H6/c1-12(2)9-14-7-8-15-5-4-6-16(18(15)10-14)11-17-13(3)19(21)20(17)22;1-12(2)10-14-4-5-15-6-8-20(9-7-16(15)11-14)17-13(3)18(21)19(17)22;1-11(2)8-13-4-5-14-6-7-15(17(14)9-13)10-16-12(3)18(20)19(16)21;1-11(2)8-13-4-5-15-14(9-13)10-19(6-7-22-15)16-12(3)17(20)18(16)21;8*1-2/h7-8,10,12,16H,4-6,9,11H2,1-3H3;4-5,11-12H,6-10H2,1-3H3;4-5,9,11,15H,6-8,10H2,1-3H3;4-5,9,11H,6-8,10H2,1-3H3;8*1-2H3. The quantitative estimate of drug-likeness (QED) is 0.0956. The summed E-state index contributed by atoms with van der Waals surface area (Å²) in [5.41, 5.74) is 18.0. The van der Waals surface area contributed by atoms with Gasteiger partial charge in [0.2, 0.25) is 43.4 Å². The summed E-state index contributed by atoms with van der Waals surface area (Å²) in [5.74, 6) is 4.25. The lowest BCUT2D eigenvalue weighted by Crippen LogP contribution is -2.43. The van der Waals surface area contributed by atoms with Gasteiger partial charge >= 0.3 is 0 Å². The number of rotatable bonds is 14. The average Bonchev–Trinajstić information content (AvgIpc) is 1.76. The Labute approximate surface area is 623 Å². The number of anilines is 2. The van der Waals surface area contributed by atoms with Gasteiger partial charge in [0, 0.05) is 58.6 Å². The molecule has 2 unspecified atom stereocenters. The van der Waals surface area contributed by atoms with E-state index in [9.17, 15) is 38.4 Å². The number of hydrogen-bond acceptors (Lipinski definition) is 11. The number of hydrogen-bond donors (Lipinski definition) is 0. The van der Waals surface area contributed by atoms with Crippen molar-refractivity contribution in [3.8, 4) is 5.75 Å². The van der Waals surface area contributed by atoms with E-state index in [1.807, 2.05) is 122 Å². The maximum absolute atomic E-state index is 11.8. The van der Waals surface area contributed by atoms with E-state index in [2.05, 4.69) is 127 Å². The summed E-state index contributed by atoms with van der Waals surface area (Å²) in [7, 11) is 0. The molecule has 0 aromatic heterocycles. The normalized spacial score (nSPS) is 14.3. The zero-order valence-electron chi connectivity index (χ0n) is 69.7. The van der Waals surface area contributed by atoms with Gasteiger partial charge in [-0.2, -0.15) is 0 Å². The molecule has 2 atom stereocenters. The summed E-state index contributed by atoms with van der Waals surface area (Å²) in [6.07, 6.45) is 13.3. The highest BCUT2D eigenvalue weighted by Gasteiger charge is 2.30. The highest BCUT2D eigenvalue weighted by atomic mass is 16.5. The fraction of sp³-hybridized carbons (Fsp3) is 0.565. The van der Waals surface area contributed by atoms with Gasteiger partial charge in [0.1, 0.15) is 12.4 Å². The van der Waals surface area contributed by atoms with Crippen molar-refractivity contribution >= 4 is 11.4 Å². The fourth-order valence-electron chi connectivity index (χ4n) is 14.0. The molecular formula is C92H138N2O9. The third-order valence-corrected chi connectivity index (χ3v) is 18.6. The van der Waals surface area contributed by atoms with Crippen molar-refractivity contribution in [3.05, 3.63) is 249 Å². The fourth-order valence-corrected chi connectivity index (χ4v) is 14.0. The van der Waals surface area contributed by atoms with E-state index in [0.717, 1.165) is 113 Å². The molecule has 0 spiro atoms. The van der Waals surface area contributed by atoms with Crippen molar-refractivity contribution in [1.82, 2.24) is 0 Å². The SMILES string of the molecule is CC.CC.CC.CC.CC.CC.CC.CC.Cc1c(CC2CCCc3ccc(CC(C)C)cc32)c(=O)c1=O.Cc1c(CC2CCc3ccc(CC(C)C)cc32)c(=O)c1=O.Cc1c(N2CCOc3ccc(CC(C)C)cc3C2)c(=O)c1=O.Cc1c(N2CCc3ccc(CC(C)C)cc3CC2)c(=O)c1=O. The Morgan fingerprint density at radius 2 is 0.699 bits per heavy atom. The number of fused-ring (bicyclic) bond motifs is 4. The number of nitrogens with zero attached hydrogens (tertiary/aromatic N) is 2. The lowest BCUT2D eigenvalue weighted by atomic mass is 9.77. The molecule has 11 nitrogen and oxygen atoms in total. The summed E-state index contributed by atoms with van der Waals surface area (Å²) in [6, 6.07) is 26.8. The van der Waals surface area contributed by atoms with Crippen LogP contribution in [0, 0.1) is 51.4 Å². The summed E-state index contributed by atoms with van der Waals surface area (Å²) < 4.78 is 5.79. The predicted molar refractivity (Wildman–Crippen MR) is 445 cm³/mol. The van der Waals surface area contributed by atoms with Gasteiger partial charge in [-0.1, -0.05) is 233 Å². The van der Waals surface area contributed by atoms with Crippen LogP contribution in [0.15, 0.2) is 111 Å². The molecule has 4 aliphatic rings. The lowest BCUT2D eigenvalue weighted by molar-refractivity contribution is 0.331. The number of aryl methyl sites for hydroxylation is 2. The molecule has 8 aromatic carbocycles. The molecule has 0 amide bonds. The molecular weight excluding hydrogens is 1280 g/mol. The van der Waals surface area contributed by atoms with Crippen molar-refractivity contribution in [2.24, 2.45) is 23.7 Å². The van der Waals surface area contributed by atoms with Gasteiger partial charge in [-0.3, -0.25) is 38.4 Å². The minimum atomic E-state index is -0.362. The van der Waals surface area contributed by atoms with E-state index < -0.39 is 0 Å². The molecule has 8 aromatic rings. The molecule has 2 aliphatic heterocycles. The molecule has 12 rings (SSSR count). The summed E-state index contributed by atoms with van der Waals surface area (Å²) in [5, 5.41) is 0. The monoisotopic (exact) mass is 1420 g/mol. The topological polar surface area (TPSA) is 152 Å². The van der Waals surface area contributed by atoms with Crippen molar-refractivity contribution in [2.75, 3.05) is 36.0 Å². The molecule has 11 heteroatoms. The molecule has 0 saturated carbocycles. The van der Waals surface area contributed by atoms with E-state index in [0.29, 0.717) is 88.8 Å². The van der Waals surface area contributed by atoms with Crippen LogP contribution in [0.2, 0.25) is 0 Å². The van der Waals surface area contributed by atoms with E-state index in [1.54, 1.807) is 27.7 Å². The molecule has 0 radical (unpaired) electrons. The highest BCUT2D eigenvalue weighted by molar-refractivity contribution is 5.60. The van der Waals surface area contributed by atoms with Crippen LogP contribution in [0.1, 0.15) is 292 Å². The van der Waals surface area contributed by atoms with Gasteiger partial charge in [0.25, 0.3) is 0 Å². The van der Waals surface area contributed by atoms with Crippen molar-refractivity contribution < 1.29 is 4.74 Å². The third-order valence-electron chi connectivity index (χ3n) is 18.6. The zero-order chi connectivity index (χ0) is 78.7. The Hall–Kier alpha value is -7.40. The lowest BCUT2D eigenvalue weighted by Gasteiger charge is -2.27. The van der Waals surface area contributed by atoms with Crippen LogP contribution < -0.4 is 58.0 Å². The Morgan fingerprint density at radius 3 is 1.11 bits per heavy atom. The Balaban J connectivity index is 0.000000643. The summed E-state index contributed by atoms with van der Waals surface area (Å²) in [6.45, 7) is 60.3. The van der Waals surface area contributed by atoms with Gasteiger partial charge in [-0.05, 0) is 208 Å². The van der Waals surface area contributed by atoms with E-state index in [4.69, 9.17) is 4.74 Å². The van der Waals surface area contributed by atoms with E-state index in [-0.39, 0.29) is 43.4 Å². The van der Waals surface area contributed by atoms with Crippen LogP contribution in [0.3, 0.4) is 0 Å². The molecule has 0 N–H and O–H groups in total. The molecule has 2 heterocycles. The van der Waals surface area contributed by atoms with Gasteiger partial charge in [0.15, 0.2) is 0 Å². The van der Waals surface area contributed by atoms with Gasteiger partial charge < -0.3 is 14.5 Å². The largest absolute Gasteiger partial charge is 0.491 e. The molecule has 0 saturated heterocycles. The first-order valence-corrected chi connectivity index (χ1v) is 40.1. The Kier molecular flexibility index (Phi) is 43.5. The first kappa shape index (κ1) is 93.6. The molecule has 103 heavy (non-hydrogen) atoms. The molecule has 570 valence electrons. The molecule has 0 bridgehead atoms. The van der Waals surface area contributed by atoms with Crippen LogP contribution in [-0.4, -0.2) is 26.2 Å². The van der Waals surface area contributed by atoms with Crippen molar-refractivity contribution in [3.63, 3.8) is 0 Å². The second-order valence-corrected chi connectivity index (χ2v) is 27.3. The minimum absolute atomic E-state index is 0.247. The maximum atomic E-state index is 11.8. The molecule has 2 aliphatic carbocycles. The van der Waals surface area contributed by atoms with E-state index >= 15 is 0 Å². The number of ether oxygens (including phenoxy) is 1. The van der Waals surface area contributed by atoms with E-state index in [1.165, 1.54) is 62.1 Å². The highest BCUT2D eigenvalue weighted by Crippen LogP contribution is 2.38. The summed E-state index contributed by atoms with van der Waals surface area (Å²) >= 11 is 0. The Bertz CT molecular complexity index is 4100. The smallest absolute Gasteiger partial charge is 0.249 e. The second-order valence-electron chi connectivity index (χ2n) is 27.3. The van der Waals surface area contributed by atoms with Crippen LogP contribution in [-0.2, 0) is 70.8 Å². The van der Waals surface area contributed by atoms with Crippen molar-refractivity contribution in [2.45, 2.75) is 296 Å².